The van der Waals surface area contributed by atoms with Gasteiger partial charge >= 0.3 is 0 Å². The largest absolute Gasteiger partial charge is 0.507 e. The van der Waals surface area contributed by atoms with Crippen LogP contribution in [0.1, 0.15) is 40.2 Å². The first-order valence-corrected chi connectivity index (χ1v) is 10.4. The van der Waals surface area contributed by atoms with E-state index >= 15 is 0 Å². The first-order chi connectivity index (χ1) is 14.7. The summed E-state index contributed by atoms with van der Waals surface area (Å²) in [4.78, 5) is 13.0. The van der Waals surface area contributed by atoms with Crippen LogP contribution >= 0.6 is 0 Å². The number of phenols is 1. The molecule has 1 unspecified atom stereocenters. The van der Waals surface area contributed by atoms with Gasteiger partial charge in [-0.1, -0.05) is 72.8 Å². The van der Waals surface area contributed by atoms with Crippen LogP contribution in [0.4, 0.5) is 0 Å². The molecule has 5 aromatic rings. The van der Waals surface area contributed by atoms with E-state index in [1.54, 1.807) is 6.07 Å². The highest BCUT2D eigenvalue weighted by Gasteiger charge is 2.29. The molecule has 1 atom stereocenters. The molecule has 0 amide bonds. The third kappa shape index (κ3) is 2.47. The summed E-state index contributed by atoms with van der Waals surface area (Å²) in [6.07, 6.45) is 1.34. The van der Waals surface area contributed by atoms with Crippen LogP contribution in [-0.4, -0.2) is 10.9 Å². The van der Waals surface area contributed by atoms with Crippen molar-refractivity contribution in [3.63, 3.8) is 0 Å². The minimum atomic E-state index is 0.151. The van der Waals surface area contributed by atoms with Gasteiger partial charge in [-0.15, -0.1) is 0 Å². The molecule has 0 bridgehead atoms. The van der Waals surface area contributed by atoms with Crippen LogP contribution in [-0.2, 0) is 0 Å². The van der Waals surface area contributed by atoms with Crippen molar-refractivity contribution >= 4 is 38.1 Å². The quantitative estimate of drug-likeness (QED) is 0.315. The molecule has 0 heterocycles. The minimum Gasteiger partial charge on any atom is -0.507 e. The van der Waals surface area contributed by atoms with Gasteiger partial charge in [0, 0.05) is 23.3 Å². The topological polar surface area (TPSA) is 37.3 Å². The highest BCUT2D eigenvalue weighted by Crippen LogP contribution is 2.42. The zero-order valence-corrected chi connectivity index (χ0v) is 16.4. The molecule has 0 aromatic heterocycles. The van der Waals surface area contributed by atoms with Gasteiger partial charge in [0.2, 0.25) is 0 Å². The number of carbonyl (C=O) groups is 1. The molecule has 5 aromatic carbocycles. The minimum absolute atomic E-state index is 0.151. The Labute approximate surface area is 174 Å². The van der Waals surface area contributed by atoms with Crippen molar-refractivity contribution in [3.05, 3.63) is 102 Å². The van der Waals surface area contributed by atoms with Gasteiger partial charge in [0.25, 0.3) is 0 Å². The van der Waals surface area contributed by atoms with Gasteiger partial charge < -0.3 is 5.11 Å². The Morgan fingerprint density at radius 1 is 0.700 bits per heavy atom. The summed E-state index contributed by atoms with van der Waals surface area (Å²) in [6, 6.07) is 28.7. The van der Waals surface area contributed by atoms with Crippen molar-refractivity contribution in [3.8, 4) is 5.75 Å². The van der Waals surface area contributed by atoms with Gasteiger partial charge in [-0.3, -0.25) is 4.79 Å². The maximum absolute atomic E-state index is 13.0. The van der Waals surface area contributed by atoms with E-state index in [1.165, 1.54) is 10.8 Å². The lowest BCUT2D eigenvalue weighted by Gasteiger charge is -2.27. The van der Waals surface area contributed by atoms with E-state index in [-0.39, 0.29) is 11.7 Å². The zero-order chi connectivity index (χ0) is 20.2. The second kappa shape index (κ2) is 6.43. The van der Waals surface area contributed by atoms with Crippen molar-refractivity contribution < 1.29 is 9.90 Å². The van der Waals surface area contributed by atoms with Gasteiger partial charge in [-0.25, -0.2) is 0 Å². The summed E-state index contributed by atoms with van der Waals surface area (Å²) in [5.74, 6) is 0.676. The van der Waals surface area contributed by atoms with E-state index < -0.39 is 0 Å². The fourth-order valence-corrected chi connectivity index (χ4v) is 5.10. The van der Waals surface area contributed by atoms with E-state index in [1.807, 2.05) is 24.3 Å². The summed E-state index contributed by atoms with van der Waals surface area (Å²) in [7, 11) is 0. The number of hydrogen-bond acceptors (Lipinski definition) is 2. The Kier molecular flexibility index (Phi) is 3.69. The van der Waals surface area contributed by atoms with Crippen LogP contribution in [0.15, 0.2) is 84.9 Å². The fourth-order valence-electron chi connectivity index (χ4n) is 5.10. The van der Waals surface area contributed by atoms with Gasteiger partial charge in [0.05, 0.1) is 0 Å². The van der Waals surface area contributed by atoms with Crippen molar-refractivity contribution in [1.29, 1.82) is 0 Å². The molecule has 0 fully saturated rings. The third-order valence-corrected chi connectivity index (χ3v) is 6.56. The number of carbonyl (C=O) groups excluding carboxylic acids is 1. The summed E-state index contributed by atoms with van der Waals surface area (Å²) in [6.45, 7) is 0. The Balaban J connectivity index is 1.59. The van der Waals surface area contributed by atoms with Crippen molar-refractivity contribution in [2.75, 3.05) is 0 Å². The van der Waals surface area contributed by atoms with Crippen LogP contribution < -0.4 is 0 Å². The highest BCUT2D eigenvalue weighted by atomic mass is 16.3. The molecule has 2 heteroatoms. The second-order valence-corrected chi connectivity index (χ2v) is 8.18. The maximum Gasteiger partial charge on any atom is 0.163 e. The van der Waals surface area contributed by atoms with Gasteiger partial charge in [-0.05, 0) is 56.6 Å². The predicted molar refractivity (Wildman–Crippen MR) is 122 cm³/mol. The number of fused-ring (bicyclic) bond motifs is 6. The number of hydrogen-bond donors (Lipinski definition) is 1. The van der Waals surface area contributed by atoms with Gasteiger partial charge in [0.15, 0.2) is 5.78 Å². The molecule has 0 spiro atoms. The number of benzene rings is 5. The molecule has 6 rings (SSSR count). The average Bonchev–Trinajstić information content (AvgIpc) is 2.79. The molecule has 30 heavy (non-hydrogen) atoms. The lowest BCUT2D eigenvalue weighted by Crippen LogP contribution is -2.17. The first-order valence-electron chi connectivity index (χ1n) is 10.4. The monoisotopic (exact) mass is 388 g/mol. The Bertz CT molecular complexity index is 1480. The van der Waals surface area contributed by atoms with Crippen LogP contribution in [0.25, 0.3) is 32.3 Å². The molecule has 1 aliphatic rings. The molecule has 1 aliphatic carbocycles. The Hall–Kier alpha value is -3.65. The first kappa shape index (κ1) is 17.2. The number of phenolic OH excluding ortho intramolecular Hbond substituents is 1. The van der Waals surface area contributed by atoms with Gasteiger partial charge in [0.1, 0.15) is 5.75 Å². The van der Waals surface area contributed by atoms with Crippen molar-refractivity contribution in [2.24, 2.45) is 0 Å². The molecule has 0 saturated carbocycles. The van der Waals surface area contributed by atoms with Crippen LogP contribution in [0.3, 0.4) is 0 Å². The van der Waals surface area contributed by atoms with Crippen molar-refractivity contribution in [2.45, 2.75) is 18.8 Å². The SMILES string of the molecule is O=C1CCC(c2ccc3cccc(O)c3c2)c2ccc3c(ccc4ccccc43)c21. The standard InChI is InChI=1S/C28H20O2/c29-26-7-3-5-18-8-9-19(16-25(18)26)21-14-15-27(30)28-23(21)13-12-22-20-6-2-1-4-17(20)10-11-24(22)28/h1-13,16,21,29H,14-15H2. The number of rotatable bonds is 1. The maximum atomic E-state index is 13.0. The lowest BCUT2D eigenvalue weighted by molar-refractivity contribution is 0.0971. The van der Waals surface area contributed by atoms with Crippen molar-refractivity contribution in [1.82, 2.24) is 0 Å². The molecule has 144 valence electrons. The Morgan fingerprint density at radius 2 is 1.47 bits per heavy atom. The fraction of sp³-hybridized carbons (Fsp3) is 0.107. The summed E-state index contributed by atoms with van der Waals surface area (Å²) >= 11 is 0. The normalized spacial score (nSPS) is 16.3. The molecule has 2 nitrogen and oxygen atoms in total. The summed E-state index contributed by atoms with van der Waals surface area (Å²) in [5, 5.41) is 16.8. The molecule has 0 saturated heterocycles. The lowest BCUT2D eigenvalue weighted by atomic mass is 9.76. The molecule has 1 N–H and O–H groups in total. The number of ketones is 1. The molecular weight excluding hydrogens is 368 g/mol. The van der Waals surface area contributed by atoms with E-state index in [2.05, 4.69) is 54.6 Å². The molecule has 0 radical (unpaired) electrons. The predicted octanol–water partition coefficient (Wildman–Crippen LogP) is 6.96. The summed E-state index contributed by atoms with van der Waals surface area (Å²) < 4.78 is 0. The average molecular weight is 388 g/mol. The van der Waals surface area contributed by atoms with Crippen LogP contribution in [0, 0.1) is 0 Å². The molecular formula is C28H20O2. The number of Topliss-reactive ketones (excluding diaryl/α,β-unsaturated/α-hetero) is 1. The van der Waals surface area contributed by atoms with Crippen LogP contribution in [0.5, 0.6) is 5.75 Å². The second-order valence-electron chi connectivity index (χ2n) is 8.18. The smallest absolute Gasteiger partial charge is 0.163 e. The Morgan fingerprint density at radius 3 is 2.40 bits per heavy atom. The van der Waals surface area contributed by atoms with Crippen LogP contribution in [0.2, 0.25) is 0 Å². The summed E-state index contributed by atoms with van der Waals surface area (Å²) in [5.41, 5.74) is 3.12. The highest BCUT2D eigenvalue weighted by molar-refractivity contribution is 6.17. The van der Waals surface area contributed by atoms with E-state index in [0.29, 0.717) is 12.2 Å². The van der Waals surface area contributed by atoms with Gasteiger partial charge in [-0.2, -0.15) is 0 Å². The zero-order valence-electron chi connectivity index (χ0n) is 16.4. The van der Waals surface area contributed by atoms with E-state index in [4.69, 9.17) is 0 Å². The number of aromatic hydroxyl groups is 1. The van der Waals surface area contributed by atoms with E-state index in [0.717, 1.165) is 44.7 Å². The van der Waals surface area contributed by atoms with E-state index in [9.17, 15) is 9.90 Å². The molecule has 0 aliphatic heterocycles. The third-order valence-electron chi connectivity index (χ3n) is 6.56.